The summed E-state index contributed by atoms with van der Waals surface area (Å²) in [5.41, 5.74) is 0.983. The minimum absolute atomic E-state index is 0.262. The zero-order valence-corrected chi connectivity index (χ0v) is 13.1. The molecule has 21 heavy (non-hydrogen) atoms. The maximum atomic E-state index is 6.04. The molecule has 2 unspecified atom stereocenters. The zero-order chi connectivity index (χ0) is 14.7. The topological polar surface area (TPSA) is 28.4 Å². The maximum Gasteiger partial charge on any atom is 0.134 e. The normalized spacial score (nSPS) is 22.3. The molecule has 1 aliphatic rings. The summed E-state index contributed by atoms with van der Waals surface area (Å²) >= 11 is 0. The molecule has 114 valence electrons. The van der Waals surface area contributed by atoms with Gasteiger partial charge in [-0.05, 0) is 45.5 Å². The van der Waals surface area contributed by atoms with Gasteiger partial charge in [-0.15, -0.1) is 0 Å². The molecule has 0 bridgehead atoms. The summed E-state index contributed by atoms with van der Waals surface area (Å²) in [5, 5.41) is 4.62. The number of likely N-dealkylation sites (N-methyl/N-ethyl adjacent to an activating group) is 1. The number of furan rings is 1. The molecular weight excluding hydrogens is 260 g/mol. The largest absolute Gasteiger partial charge is 0.459 e. The van der Waals surface area contributed by atoms with E-state index in [-0.39, 0.29) is 6.04 Å². The second-order valence-electron chi connectivity index (χ2n) is 6.22. The third-order valence-corrected chi connectivity index (χ3v) is 4.74. The van der Waals surface area contributed by atoms with Crippen LogP contribution in [-0.2, 0) is 0 Å². The van der Waals surface area contributed by atoms with Crippen molar-refractivity contribution in [2.24, 2.45) is 0 Å². The monoisotopic (exact) mass is 286 g/mol. The molecule has 0 amide bonds. The molecule has 0 radical (unpaired) electrons. The van der Waals surface area contributed by atoms with Crippen molar-refractivity contribution in [3.05, 3.63) is 36.1 Å². The highest BCUT2D eigenvalue weighted by Crippen LogP contribution is 2.26. The Morgan fingerprint density at radius 1 is 1.29 bits per heavy atom. The lowest BCUT2D eigenvalue weighted by molar-refractivity contribution is 0.186. The summed E-state index contributed by atoms with van der Waals surface area (Å²) < 4.78 is 6.04. The van der Waals surface area contributed by atoms with Gasteiger partial charge in [0, 0.05) is 18.0 Å². The highest BCUT2D eigenvalue weighted by atomic mass is 16.3. The Bertz CT molecular complexity index is 544. The Morgan fingerprint density at radius 2 is 2.14 bits per heavy atom. The molecule has 3 rings (SSSR count). The Hall–Kier alpha value is -1.32. The Balaban J connectivity index is 1.77. The van der Waals surface area contributed by atoms with Crippen molar-refractivity contribution in [3.63, 3.8) is 0 Å². The van der Waals surface area contributed by atoms with Crippen molar-refractivity contribution in [3.8, 4) is 0 Å². The molecule has 1 aromatic carbocycles. The van der Waals surface area contributed by atoms with Crippen molar-refractivity contribution >= 4 is 11.0 Å². The number of fused-ring (bicyclic) bond motifs is 1. The van der Waals surface area contributed by atoms with Gasteiger partial charge in [-0.1, -0.05) is 31.0 Å². The second-order valence-corrected chi connectivity index (χ2v) is 6.22. The van der Waals surface area contributed by atoms with Crippen LogP contribution >= 0.6 is 0 Å². The molecule has 1 aliphatic heterocycles. The van der Waals surface area contributed by atoms with Crippen LogP contribution in [0.15, 0.2) is 34.7 Å². The van der Waals surface area contributed by atoms with Crippen LogP contribution in [0.4, 0.5) is 0 Å². The summed E-state index contributed by atoms with van der Waals surface area (Å²) in [6.45, 7) is 4.59. The van der Waals surface area contributed by atoms with E-state index in [1.54, 1.807) is 0 Å². The summed E-state index contributed by atoms with van der Waals surface area (Å²) in [7, 11) is 2.03. The Morgan fingerprint density at radius 3 is 2.95 bits per heavy atom. The van der Waals surface area contributed by atoms with E-state index in [0.717, 1.165) is 17.9 Å². The second kappa shape index (κ2) is 6.63. The summed E-state index contributed by atoms with van der Waals surface area (Å²) in [6.07, 6.45) is 5.37. The van der Waals surface area contributed by atoms with Crippen LogP contribution in [0.1, 0.15) is 44.4 Å². The predicted octanol–water partition coefficient (Wildman–Crippen LogP) is 3.96. The number of para-hydroxylation sites is 1. The molecule has 0 spiro atoms. The van der Waals surface area contributed by atoms with Gasteiger partial charge in [-0.3, -0.25) is 4.90 Å². The van der Waals surface area contributed by atoms with E-state index in [4.69, 9.17) is 4.42 Å². The van der Waals surface area contributed by atoms with Gasteiger partial charge in [0.25, 0.3) is 0 Å². The fourth-order valence-corrected chi connectivity index (χ4v) is 3.34. The first-order chi connectivity index (χ1) is 10.3. The molecule has 1 fully saturated rings. The summed E-state index contributed by atoms with van der Waals surface area (Å²) in [5.74, 6) is 1.05. The summed E-state index contributed by atoms with van der Waals surface area (Å²) in [4.78, 5) is 2.61. The lowest BCUT2D eigenvalue weighted by Crippen LogP contribution is -2.39. The average Bonchev–Trinajstić information content (AvgIpc) is 2.83. The predicted molar refractivity (Wildman–Crippen MR) is 87.5 cm³/mol. The first kappa shape index (κ1) is 14.6. The van der Waals surface area contributed by atoms with Gasteiger partial charge in [0.2, 0.25) is 0 Å². The molecule has 1 saturated heterocycles. The quantitative estimate of drug-likeness (QED) is 0.922. The van der Waals surface area contributed by atoms with Crippen molar-refractivity contribution in [2.75, 3.05) is 20.1 Å². The van der Waals surface area contributed by atoms with Crippen LogP contribution in [0.5, 0.6) is 0 Å². The van der Waals surface area contributed by atoms with Crippen LogP contribution in [0.25, 0.3) is 11.0 Å². The van der Waals surface area contributed by atoms with E-state index < -0.39 is 0 Å². The fourth-order valence-electron chi connectivity index (χ4n) is 3.34. The van der Waals surface area contributed by atoms with Crippen LogP contribution in [-0.4, -0.2) is 31.1 Å². The molecule has 3 heteroatoms. The summed E-state index contributed by atoms with van der Waals surface area (Å²) in [6, 6.07) is 11.4. The Kier molecular flexibility index (Phi) is 4.61. The number of nitrogens with one attached hydrogen (secondary N) is 1. The lowest BCUT2D eigenvalue weighted by atomic mass is 10.1. The highest BCUT2D eigenvalue weighted by Gasteiger charge is 2.22. The molecule has 2 atom stereocenters. The highest BCUT2D eigenvalue weighted by molar-refractivity contribution is 5.77. The number of nitrogens with zero attached hydrogens (tertiary/aromatic N) is 1. The lowest BCUT2D eigenvalue weighted by Gasteiger charge is -2.30. The molecule has 0 aliphatic carbocycles. The fraction of sp³-hybridized carbons (Fsp3) is 0.556. The van der Waals surface area contributed by atoms with E-state index in [1.807, 2.05) is 19.2 Å². The Labute approximate surface area is 127 Å². The maximum absolute atomic E-state index is 6.04. The minimum Gasteiger partial charge on any atom is -0.459 e. The molecule has 2 aromatic rings. The van der Waals surface area contributed by atoms with Crippen LogP contribution in [0.3, 0.4) is 0 Å². The van der Waals surface area contributed by atoms with Gasteiger partial charge in [0.15, 0.2) is 0 Å². The van der Waals surface area contributed by atoms with Gasteiger partial charge in [-0.25, -0.2) is 0 Å². The molecule has 0 saturated carbocycles. The van der Waals surface area contributed by atoms with Gasteiger partial charge in [-0.2, -0.15) is 0 Å². The molecule has 1 N–H and O–H groups in total. The molecule has 1 aromatic heterocycles. The van der Waals surface area contributed by atoms with Crippen molar-refractivity contribution in [2.45, 2.75) is 44.7 Å². The van der Waals surface area contributed by atoms with Crippen LogP contribution in [0, 0.1) is 0 Å². The number of hydrogen-bond acceptors (Lipinski definition) is 3. The van der Waals surface area contributed by atoms with E-state index >= 15 is 0 Å². The smallest absolute Gasteiger partial charge is 0.134 e. The number of hydrogen-bond donors (Lipinski definition) is 1. The van der Waals surface area contributed by atoms with Gasteiger partial charge >= 0.3 is 0 Å². The zero-order valence-electron chi connectivity index (χ0n) is 13.1. The number of benzene rings is 1. The van der Waals surface area contributed by atoms with Crippen molar-refractivity contribution in [1.29, 1.82) is 0 Å². The third-order valence-electron chi connectivity index (χ3n) is 4.74. The number of likely N-dealkylation sites (tertiary alicyclic amines) is 1. The minimum atomic E-state index is 0.262. The molecular formula is C18H26N2O. The van der Waals surface area contributed by atoms with Crippen molar-refractivity contribution < 1.29 is 4.42 Å². The molecule has 3 nitrogen and oxygen atoms in total. The van der Waals surface area contributed by atoms with Crippen LogP contribution < -0.4 is 5.32 Å². The van der Waals surface area contributed by atoms with Gasteiger partial charge < -0.3 is 9.73 Å². The van der Waals surface area contributed by atoms with Gasteiger partial charge in [0.05, 0.1) is 6.04 Å². The first-order valence-corrected chi connectivity index (χ1v) is 8.17. The number of rotatable bonds is 4. The van der Waals surface area contributed by atoms with Gasteiger partial charge in [0.1, 0.15) is 11.3 Å². The van der Waals surface area contributed by atoms with E-state index in [1.165, 1.54) is 37.6 Å². The van der Waals surface area contributed by atoms with Crippen LogP contribution in [0.2, 0.25) is 0 Å². The van der Waals surface area contributed by atoms with Crippen molar-refractivity contribution in [1.82, 2.24) is 10.2 Å². The standard InChI is InChI=1S/C18H26N2O/c1-14-8-4-3-7-11-20(14)13-16(19-2)18-12-15-9-5-6-10-17(15)21-18/h5-6,9-10,12,14,16,19H,3-4,7-8,11,13H2,1-2H3. The van der Waals surface area contributed by atoms with E-state index in [0.29, 0.717) is 6.04 Å². The van der Waals surface area contributed by atoms with E-state index in [9.17, 15) is 0 Å². The average molecular weight is 286 g/mol. The first-order valence-electron chi connectivity index (χ1n) is 8.17. The molecule has 2 heterocycles. The van der Waals surface area contributed by atoms with E-state index in [2.05, 4.69) is 35.3 Å². The third kappa shape index (κ3) is 3.30. The SMILES string of the molecule is CNC(CN1CCCCCC1C)c1cc2ccccc2o1.